The first-order valence-electron chi connectivity index (χ1n) is 8.81. The number of carbonyl (C=O) groups excluding carboxylic acids is 2. The molecule has 2 aromatic heterocycles. The van der Waals surface area contributed by atoms with Gasteiger partial charge in [0.1, 0.15) is 24.1 Å². The van der Waals surface area contributed by atoms with Crippen molar-refractivity contribution in [2.45, 2.75) is 26.9 Å². The number of hydrogen-bond acceptors (Lipinski definition) is 7. The van der Waals surface area contributed by atoms with E-state index in [-0.39, 0.29) is 23.8 Å². The number of nitro groups is 1. The Morgan fingerprint density at radius 3 is 2.68 bits per heavy atom. The maximum atomic E-state index is 12.9. The molecule has 1 saturated heterocycles. The van der Waals surface area contributed by atoms with Crippen molar-refractivity contribution < 1.29 is 19.2 Å². The Balaban J connectivity index is 1.75. The van der Waals surface area contributed by atoms with E-state index >= 15 is 0 Å². The molecule has 2 amide bonds. The monoisotopic (exact) mass is 391 g/mol. The van der Waals surface area contributed by atoms with Crippen molar-refractivity contribution in [1.82, 2.24) is 24.5 Å². The van der Waals surface area contributed by atoms with Gasteiger partial charge in [0.2, 0.25) is 5.91 Å². The summed E-state index contributed by atoms with van der Waals surface area (Å²) in [5.41, 5.74) is 0.650. The summed E-state index contributed by atoms with van der Waals surface area (Å²) in [5.74, 6) is -0.701. The number of amides is 2. The summed E-state index contributed by atoms with van der Waals surface area (Å²) >= 11 is 0. The summed E-state index contributed by atoms with van der Waals surface area (Å²) < 4.78 is 7.98. The highest BCUT2D eigenvalue weighted by Gasteiger charge is 2.26. The molecule has 12 heteroatoms. The minimum atomic E-state index is -0.554. The Kier molecular flexibility index (Phi) is 5.68. The zero-order chi connectivity index (χ0) is 20.3. The fourth-order valence-corrected chi connectivity index (χ4v) is 2.96. The molecule has 2 aromatic rings. The van der Waals surface area contributed by atoms with Gasteiger partial charge in [0.15, 0.2) is 0 Å². The van der Waals surface area contributed by atoms with Crippen LogP contribution in [-0.2, 0) is 22.6 Å². The van der Waals surface area contributed by atoms with Crippen molar-refractivity contribution in [3.63, 3.8) is 0 Å². The van der Waals surface area contributed by atoms with Gasteiger partial charge in [-0.15, -0.1) is 0 Å². The lowest BCUT2D eigenvalue weighted by atomic mass is 10.2. The largest absolute Gasteiger partial charge is 0.378 e. The molecule has 0 atom stereocenters. The Morgan fingerprint density at radius 1 is 1.36 bits per heavy atom. The van der Waals surface area contributed by atoms with E-state index in [0.717, 1.165) is 0 Å². The van der Waals surface area contributed by atoms with Crippen LogP contribution in [0.1, 0.15) is 23.1 Å². The zero-order valence-electron chi connectivity index (χ0n) is 15.6. The van der Waals surface area contributed by atoms with Gasteiger partial charge in [-0.1, -0.05) is 0 Å². The van der Waals surface area contributed by atoms with Gasteiger partial charge < -0.3 is 15.0 Å². The highest BCUT2D eigenvalue weighted by molar-refractivity contribution is 6.02. The first kappa shape index (κ1) is 19.5. The quantitative estimate of drug-likeness (QED) is 0.556. The molecular weight excluding hydrogens is 370 g/mol. The number of aromatic nitrogens is 4. The number of rotatable bonds is 6. The molecule has 28 heavy (non-hydrogen) atoms. The molecule has 1 aliphatic heterocycles. The molecule has 1 N–H and O–H groups in total. The first-order valence-corrected chi connectivity index (χ1v) is 8.81. The molecule has 1 aliphatic rings. The predicted molar refractivity (Wildman–Crippen MR) is 96.9 cm³/mol. The van der Waals surface area contributed by atoms with Crippen LogP contribution in [0, 0.1) is 17.0 Å². The summed E-state index contributed by atoms with van der Waals surface area (Å²) in [6.45, 7) is 5.45. The second kappa shape index (κ2) is 8.17. The zero-order valence-corrected chi connectivity index (χ0v) is 15.6. The number of ether oxygens (including phenoxy) is 1. The summed E-state index contributed by atoms with van der Waals surface area (Å²) in [7, 11) is 0. The van der Waals surface area contributed by atoms with Crippen LogP contribution < -0.4 is 5.32 Å². The molecule has 0 aliphatic carbocycles. The van der Waals surface area contributed by atoms with Gasteiger partial charge >= 0.3 is 5.69 Å². The van der Waals surface area contributed by atoms with E-state index in [1.54, 1.807) is 4.90 Å². The van der Waals surface area contributed by atoms with Gasteiger partial charge in [-0.2, -0.15) is 10.2 Å². The van der Waals surface area contributed by atoms with E-state index in [9.17, 15) is 19.7 Å². The highest BCUT2D eigenvalue weighted by Crippen LogP contribution is 2.19. The van der Waals surface area contributed by atoms with E-state index in [0.29, 0.717) is 44.2 Å². The lowest BCUT2D eigenvalue weighted by molar-refractivity contribution is -0.385. The van der Waals surface area contributed by atoms with Gasteiger partial charge in [0, 0.05) is 19.6 Å². The summed E-state index contributed by atoms with van der Waals surface area (Å²) in [6, 6.07) is 0. The molecule has 0 unspecified atom stereocenters. The van der Waals surface area contributed by atoms with Crippen molar-refractivity contribution >= 4 is 23.2 Å². The maximum Gasteiger partial charge on any atom is 0.309 e. The Labute approximate surface area is 160 Å². The molecule has 1 fully saturated rings. The first-order chi connectivity index (χ1) is 13.4. The molecule has 0 radical (unpaired) electrons. The second-order valence-electron chi connectivity index (χ2n) is 6.23. The summed E-state index contributed by atoms with van der Waals surface area (Å²) in [5, 5.41) is 21.7. The number of anilines is 1. The average molecular weight is 391 g/mol. The minimum absolute atomic E-state index is 0.158. The van der Waals surface area contributed by atoms with Gasteiger partial charge in [0.05, 0.1) is 30.0 Å². The van der Waals surface area contributed by atoms with Crippen LogP contribution in [0.3, 0.4) is 0 Å². The van der Waals surface area contributed by atoms with Crippen LogP contribution in [0.5, 0.6) is 0 Å². The molecule has 0 bridgehead atoms. The normalized spacial score (nSPS) is 14.1. The topological polar surface area (TPSA) is 137 Å². The van der Waals surface area contributed by atoms with Crippen molar-refractivity contribution in [3.8, 4) is 0 Å². The molecule has 3 heterocycles. The number of nitrogens with zero attached hydrogens (tertiary/aromatic N) is 6. The Bertz CT molecular complexity index is 897. The Morgan fingerprint density at radius 2 is 2.07 bits per heavy atom. The molecule has 3 rings (SSSR count). The number of hydrogen-bond donors (Lipinski definition) is 1. The Hall–Kier alpha value is -3.28. The third-order valence-corrected chi connectivity index (χ3v) is 4.34. The fourth-order valence-electron chi connectivity index (χ4n) is 2.96. The van der Waals surface area contributed by atoms with Crippen LogP contribution in [-0.4, -0.2) is 67.5 Å². The third kappa shape index (κ3) is 4.01. The smallest absolute Gasteiger partial charge is 0.309 e. The number of morpholine rings is 1. The van der Waals surface area contributed by atoms with Gasteiger partial charge in [-0.3, -0.25) is 29.1 Å². The van der Waals surface area contributed by atoms with Crippen LogP contribution in [0.15, 0.2) is 12.4 Å². The number of aryl methyl sites for hydroxylation is 2. The van der Waals surface area contributed by atoms with E-state index in [1.165, 1.54) is 28.7 Å². The lowest BCUT2D eigenvalue weighted by Gasteiger charge is -2.27. The lowest BCUT2D eigenvalue weighted by Crippen LogP contribution is -2.41. The molecule has 0 saturated carbocycles. The molecule has 0 spiro atoms. The van der Waals surface area contributed by atoms with Crippen molar-refractivity contribution in [1.29, 1.82) is 0 Å². The number of carbonyl (C=O) groups is 2. The third-order valence-electron chi connectivity index (χ3n) is 4.34. The van der Waals surface area contributed by atoms with Crippen molar-refractivity contribution in [2.24, 2.45) is 0 Å². The molecule has 0 aromatic carbocycles. The SMILES string of the molecule is CCn1ncc(NC(=O)Cn2cc([N+](=O)[O-])c(C)n2)c1C(=O)N1CCOCC1. The second-order valence-corrected chi connectivity index (χ2v) is 6.23. The average Bonchev–Trinajstić information content (AvgIpc) is 3.24. The number of nitrogens with one attached hydrogen (secondary N) is 1. The van der Waals surface area contributed by atoms with Crippen LogP contribution in [0.25, 0.3) is 0 Å². The van der Waals surface area contributed by atoms with Crippen LogP contribution >= 0.6 is 0 Å². The van der Waals surface area contributed by atoms with E-state index < -0.39 is 10.8 Å². The standard InChI is InChI=1S/C16H21N7O5/c1-3-22-15(16(25)20-4-6-28-7-5-20)12(8-17-22)18-14(24)10-21-9-13(23(26)27)11(2)19-21/h8-9H,3-7,10H2,1-2H3,(H,18,24). The summed E-state index contributed by atoms with van der Waals surface area (Å²) in [4.78, 5) is 37.3. The molecular formula is C16H21N7O5. The van der Waals surface area contributed by atoms with Gasteiger partial charge in [-0.05, 0) is 13.8 Å². The van der Waals surface area contributed by atoms with E-state index in [1.807, 2.05) is 6.92 Å². The minimum Gasteiger partial charge on any atom is -0.378 e. The fraction of sp³-hybridized carbons (Fsp3) is 0.500. The van der Waals surface area contributed by atoms with Crippen LogP contribution in [0.2, 0.25) is 0 Å². The van der Waals surface area contributed by atoms with Gasteiger partial charge in [-0.25, -0.2) is 0 Å². The maximum absolute atomic E-state index is 12.9. The molecule has 12 nitrogen and oxygen atoms in total. The van der Waals surface area contributed by atoms with Crippen LogP contribution in [0.4, 0.5) is 11.4 Å². The van der Waals surface area contributed by atoms with Crippen molar-refractivity contribution in [3.05, 3.63) is 33.9 Å². The summed E-state index contributed by atoms with van der Waals surface area (Å²) in [6.07, 6.45) is 2.62. The van der Waals surface area contributed by atoms with E-state index in [2.05, 4.69) is 15.5 Å². The predicted octanol–water partition coefficient (Wildman–Crippen LogP) is 0.427. The highest BCUT2D eigenvalue weighted by atomic mass is 16.6. The van der Waals surface area contributed by atoms with E-state index in [4.69, 9.17) is 4.74 Å². The van der Waals surface area contributed by atoms with Crippen molar-refractivity contribution in [2.75, 3.05) is 31.6 Å². The molecule has 150 valence electrons. The van der Waals surface area contributed by atoms with Gasteiger partial charge in [0.25, 0.3) is 5.91 Å².